The van der Waals surface area contributed by atoms with Crippen molar-refractivity contribution in [1.29, 1.82) is 0 Å². The molecule has 0 aliphatic rings. The molecule has 0 saturated carbocycles. The summed E-state index contributed by atoms with van der Waals surface area (Å²) < 4.78 is 0. The highest BCUT2D eigenvalue weighted by molar-refractivity contribution is 4.66. The molecule has 0 aromatic heterocycles. The minimum absolute atomic E-state index is 0.693. The molecule has 0 aromatic rings. The van der Waals surface area contributed by atoms with Crippen LogP contribution in [0.4, 0.5) is 0 Å². The van der Waals surface area contributed by atoms with Crippen molar-refractivity contribution in [1.82, 2.24) is 4.90 Å². The molecule has 0 rings (SSSR count). The highest BCUT2D eigenvalue weighted by Gasteiger charge is 2.10. The zero-order chi connectivity index (χ0) is 11.5. The van der Waals surface area contributed by atoms with Crippen LogP contribution >= 0.6 is 0 Å². The van der Waals surface area contributed by atoms with E-state index in [2.05, 4.69) is 25.7 Å². The van der Waals surface area contributed by atoms with Crippen molar-refractivity contribution in [3.63, 3.8) is 0 Å². The Morgan fingerprint density at radius 3 is 1.87 bits per heavy atom. The van der Waals surface area contributed by atoms with Gasteiger partial charge in [0, 0.05) is 6.54 Å². The second-order valence-electron chi connectivity index (χ2n) is 4.52. The molecule has 0 spiro atoms. The molecule has 0 radical (unpaired) electrons. The maximum absolute atomic E-state index is 5.76. The molecule has 0 aliphatic carbocycles. The van der Waals surface area contributed by atoms with Gasteiger partial charge in [0.25, 0.3) is 0 Å². The van der Waals surface area contributed by atoms with Gasteiger partial charge in [-0.05, 0) is 38.4 Å². The van der Waals surface area contributed by atoms with Crippen molar-refractivity contribution in [2.24, 2.45) is 11.7 Å². The van der Waals surface area contributed by atoms with Crippen LogP contribution in [0.1, 0.15) is 52.9 Å². The van der Waals surface area contributed by atoms with Crippen LogP contribution < -0.4 is 5.73 Å². The molecule has 92 valence electrons. The molecule has 0 aromatic carbocycles. The first-order valence-corrected chi connectivity index (χ1v) is 6.70. The molecule has 1 unspecified atom stereocenters. The van der Waals surface area contributed by atoms with Crippen molar-refractivity contribution < 1.29 is 0 Å². The minimum atomic E-state index is 0.693. The smallest absolute Gasteiger partial charge is 0.00216 e. The first-order chi connectivity index (χ1) is 7.28. The normalized spacial score (nSPS) is 13.4. The average Bonchev–Trinajstić information content (AvgIpc) is 2.28. The van der Waals surface area contributed by atoms with Crippen molar-refractivity contribution >= 4 is 0 Å². The van der Waals surface area contributed by atoms with Crippen LogP contribution in [0, 0.1) is 5.92 Å². The molecule has 1 atom stereocenters. The first-order valence-electron chi connectivity index (χ1n) is 6.70. The largest absolute Gasteiger partial charge is 0.330 e. The van der Waals surface area contributed by atoms with Gasteiger partial charge in [0.15, 0.2) is 0 Å². The number of nitrogens with two attached hydrogens (primary N) is 1. The summed E-state index contributed by atoms with van der Waals surface area (Å²) in [6, 6.07) is 0. The molecule has 2 N–H and O–H groups in total. The fraction of sp³-hybridized carbons (Fsp3) is 1.00. The third-order valence-electron chi connectivity index (χ3n) is 3.08. The van der Waals surface area contributed by atoms with E-state index in [1.54, 1.807) is 0 Å². The summed E-state index contributed by atoms with van der Waals surface area (Å²) >= 11 is 0. The molecule has 0 bridgehead atoms. The Hall–Kier alpha value is -0.0800. The van der Waals surface area contributed by atoms with Crippen LogP contribution in [0.2, 0.25) is 0 Å². The number of nitrogens with zero attached hydrogens (tertiary/aromatic N) is 1. The number of hydrogen-bond donors (Lipinski definition) is 1. The highest BCUT2D eigenvalue weighted by Crippen LogP contribution is 2.06. The van der Waals surface area contributed by atoms with E-state index in [1.807, 2.05) is 0 Å². The molecule has 0 fully saturated rings. The van der Waals surface area contributed by atoms with E-state index < -0.39 is 0 Å². The minimum Gasteiger partial charge on any atom is -0.330 e. The third-order valence-corrected chi connectivity index (χ3v) is 3.08. The third kappa shape index (κ3) is 7.80. The Labute approximate surface area is 96.2 Å². The molecular formula is C13H30N2. The predicted molar refractivity (Wildman–Crippen MR) is 69.1 cm³/mol. The monoisotopic (exact) mass is 214 g/mol. The quantitative estimate of drug-likeness (QED) is 0.606. The van der Waals surface area contributed by atoms with Crippen LogP contribution in [-0.2, 0) is 0 Å². The Morgan fingerprint density at radius 2 is 1.53 bits per heavy atom. The maximum atomic E-state index is 5.76. The van der Waals surface area contributed by atoms with E-state index in [9.17, 15) is 0 Å². The van der Waals surface area contributed by atoms with Crippen LogP contribution in [0.15, 0.2) is 0 Å². The van der Waals surface area contributed by atoms with Gasteiger partial charge in [-0.25, -0.2) is 0 Å². The maximum Gasteiger partial charge on any atom is 0.00216 e. The number of rotatable bonds is 10. The van der Waals surface area contributed by atoms with Gasteiger partial charge in [-0.15, -0.1) is 0 Å². The standard InChI is InChI=1S/C13H30N2/c1-4-7-9-15(10-8-5-2)12-13(6-3)11-14/h13H,4-12,14H2,1-3H3. The molecule has 0 saturated heterocycles. The molecule has 15 heavy (non-hydrogen) atoms. The van der Waals surface area contributed by atoms with E-state index in [1.165, 1.54) is 51.7 Å². The molecule has 0 heterocycles. The Bertz CT molecular complexity index is 114. The van der Waals surface area contributed by atoms with Crippen LogP contribution in [-0.4, -0.2) is 31.1 Å². The van der Waals surface area contributed by atoms with Gasteiger partial charge in [-0.1, -0.05) is 40.0 Å². The van der Waals surface area contributed by atoms with Gasteiger partial charge >= 0.3 is 0 Å². The molecule has 0 aliphatic heterocycles. The summed E-state index contributed by atoms with van der Waals surface area (Å²) in [7, 11) is 0. The Balaban J connectivity index is 3.86. The van der Waals surface area contributed by atoms with E-state index in [0.717, 1.165) is 6.54 Å². The van der Waals surface area contributed by atoms with Crippen LogP contribution in [0.25, 0.3) is 0 Å². The summed E-state index contributed by atoms with van der Waals surface area (Å²) in [6.07, 6.45) is 6.45. The fourth-order valence-corrected chi connectivity index (χ4v) is 1.79. The number of unbranched alkanes of at least 4 members (excludes halogenated alkanes) is 2. The van der Waals surface area contributed by atoms with Gasteiger partial charge in [0.2, 0.25) is 0 Å². The second-order valence-corrected chi connectivity index (χ2v) is 4.52. The van der Waals surface area contributed by atoms with Crippen LogP contribution in [0.3, 0.4) is 0 Å². The Morgan fingerprint density at radius 1 is 1.00 bits per heavy atom. The summed E-state index contributed by atoms with van der Waals surface area (Å²) in [5.41, 5.74) is 5.76. The SMILES string of the molecule is CCCCN(CCCC)CC(CC)CN. The second kappa shape index (κ2) is 10.4. The zero-order valence-corrected chi connectivity index (χ0v) is 11.0. The molecular weight excluding hydrogens is 184 g/mol. The highest BCUT2D eigenvalue weighted by atomic mass is 15.1. The van der Waals surface area contributed by atoms with Crippen LogP contribution in [0.5, 0.6) is 0 Å². The lowest BCUT2D eigenvalue weighted by molar-refractivity contribution is 0.223. The molecule has 0 amide bonds. The van der Waals surface area contributed by atoms with Gasteiger partial charge < -0.3 is 10.6 Å². The van der Waals surface area contributed by atoms with Crippen molar-refractivity contribution in [2.75, 3.05) is 26.2 Å². The van der Waals surface area contributed by atoms with Gasteiger partial charge in [0.1, 0.15) is 0 Å². The number of hydrogen-bond acceptors (Lipinski definition) is 2. The Kier molecular flexibility index (Phi) is 10.4. The summed E-state index contributed by atoms with van der Waals surface area (Å²) in [5.74, 6) is 0.693. The predicted octanol–water partition coefficient (Wildman–Crippen LogP) is 2.87. The van der Waals surface area contributed by atoms with E-state index in [4.69, 9.17) is 5.73 Å². The van der Waals surface area contributed by atoms with E-state index >= 15 is 0 Å². The molecule has 2 heteroatoms. The topological polar surface area (TPSA) is 29.3 Å². The lowest BCUT2D eigenvalue weighted by atomic mass is 10.1. The lowest BCUT2D eigenvalue weighted by Crippen LogP contribution is -2.34. The summed E-state index contributed by atoms with van der Waals surface area (Å²) in [4.78, 5) is 2.61. The van der Waals surface area contributed by atoms with Crippen molar-refractivity contribution in [2.45, 2.75) is 52.9 Å². The van der Waals surface area contributed by atoms with Gasteiger partial charge in [0.05, 0.1) is 0 Å². The van der Waals surface area contributed by atoms with Gasteiger partial charge in [-0.2, -0.15) is 0 Å². The molecule has 2 nitrogen and oxygen atoms in total. The zero-order valence-electron chi connectivity index (χ0n) is 11.0. The fourth-order valence-electron chi connectivity index (χ4n) is 1.79. The van der Waals surface area contributed by atoms with Crippen molar-refractivity contribution in [3.05, 3.63) is 0 Å². The van der Waals surface area contributed by atoms with Crippen molar-refractivity contribution in [3.8, 4) is 0 Å². The summed E-state index contributed by atoms with van der Waals surface area (Å²) in [5, 5.41) is 0. The van der Waals surface area contributed by atoms with Gasteiger partial charge in [-0.3, -0.25) is 0 Å². The average molecular weight is 214 g/mol. The summed E-state index contributed by atoms with van der Waals surface area (Å²) in [6.45, 7) is 11.3. The lowest BCUT2D eigenvalue weighted by Gasteiger charge is -2.26. The van der Waals surface area contributed by atoms with E-state index in [0.29, 0.717) is 5.92 Å². The van der Waals surface area contributed by atoms with E-state index in [-0.39, 0.29) is 0 Å². The first kappa shape index (κ1) is 14.9.